The molecule has 0 radical (unpaired) electrons. The minimum Gasteiger partial charge on any atom is -0.457 e. The lowest BCUT2D eigenvalue weighted by atomic mass is 9.98. The Bertz CT molecular complexity index is 819. The van der Waals surface area contributed by atoms with Crippen LogP contribution in [0.15, 0.2) is 54.6 Å². The van der Waals surface area contributed by atoms with E-state index in [1.54, 1.807) is 24.3 Å². The van der Waals surface area contributed by atoms with Gasteiger partial charge in [-0.15, -0.1) is 0 Å². The summed E-state index contributed by atoms with van der Waals surface area (Å²) in [5.74, 6) is 1.76. The fourth-order valence-electron chi connectivity index (χ4n) is 3.97. The maximum atomic E-state index is 12.9. The van der Waals surface area contributed by atoms with E-state index in [4.69, 9.17) is 4.74 Å². The third kappa shape index (κ3) is 3.74. The standard InChI is InChI=1S/C22H24N2O3/c1-16-6-5-13-23(15-16)20-14-21(25)24(22(20)26)17-9-11-19(12-10-17)27-18-7-3-2-4-8-18/h2-4,7-12,16,20H,5-6,13-15H2,1H3. The molecule has 5 nitrogen and oxygen atoms in total. The molecule has 2 aliphatic rings. The number of likely N-dealkylation sites (tertiary alicyclic amines) is 1. The van der Waals surface area contributed by atoms with E-state index in [1.807, 2.05) is 30.3 Å². The maximum absolute atomic E-state index is 12.9. The SMILES string of the molecule is CC1CCCN(C2CC(=O)N(c3ccc(Oc4ccccc4)cc3)C2=O)C1. The molecule has 2 unspecified atom stereocenters. The highest BCUT2D eigenvalue weighted by Crippen LogP contribution is 2.30. The van der Waals surface area contributed by atoms with E-state index >= 15 is 0 Å². The molecule has 0 aromatic heterocycles. The number of benzene rings is 2. The van der Waals surface area contributed by atoms with Gasteiger partial charge >= 0.3 is 0 Å². The molecule has 5 heteroatoms. The predicted octanol–water partition coefficient (Wildman–Crippen LogP) is 3.84. The molecule has 140 valence electrons. The quantitative estimate of drug-likeness (QED) is 0.774. The lowest BCUT2D eigenvalue weighted by molar-refractivity contribution is -0.123. The highest BCUT2D eigenvalue weighted by atomic mass is 16.5. The number of piperidine rings is 1. The Balaban J connectivity index is 1.48. The minimum absolute atomic E-state index is 0.106. The lowest BCUT2D eigenvalue weighted by Crippen LogP contribution is -2.46. The van der Waals surface area contributed by atoms with Crippen molar-refractivity contribution in [2.24, 2.45) is 5.92 Å². The lowest BCUT2D eigenvalue weighted by Gasteiger charge is -2.34. The van der Waals surface area contributed by atoms with Crippen molar-refractivity contribution in [2.75, 3.05) is 18.0 Å². The first-order valence-electron chi connectivity index (χ1n) is 9.55. The van der Waals surface area contributed by atoms with Gasteiger partial charge in [-0.25, -0.2) is 4.90 Å². The molecule has 2 atom stereocenters. The minimum atomic E-state index is -0.319. The Morgan fingerprint density at radius 2 is 1.67 bits per heavy atom. The molecular formula is C22H24N2O3. The molecule has 0 aliphatic carbocycles. The predicted molar refractivity (Wildman–Crippen MR) is 104 cm³/mol. The summed E-state index contributed by atoms with van der Waals surface area (Å²) >= 11 is 0. The number of anilines is 1. The van der Waals surface area contributed by atoms with Gasteiger partial charge in [-0.05, 0) is 61.7 Å². The molecule has 2 heterocycles. The van der Waals surface area contributed by atoms with Gasteiger partial charge < -0.3 is 4.74 Å². The molecule has 2 amide bonds. The van der Waals surface area contributed by atoms with Gasteiger partial charge in [0, 0.05) is 6.54 Å². The van der Waals surface area contributed by atoms with E-state index in [2.05, 4.69) is 11.8 Å². The summed E-state index contributed by atoms with van der Waals surface area (Å²) < 4.78 is 5.78. The van der Waals surface area contributed by atoms with Crippen LogP contribution in [0.4, 0.5) is 5.69 Å². The average molecular weight is 364 g/mol. The van der Waals surface area contributed by atoms with Crippen LogP contribution in [-0.2, 0) is 9.59 Å². The second-order valence-electron chi connectivity index (χ2n) is 7.44. The summed E-state index contributed by atoms with van der Waals surface area (Å²) in [6, 6.07) is 16.3. The number of rotatable bonds is 4. The first kappa shape index (κ1) is 17.7. The topological polar surface area (TPSA) is 49.9 Å². The third-order valence-electron chi connectivity index (χ3n) is 5.33. The van der Waals surface area contributed by atoms with Crippen molar-refractivity contribution in [3.8, 4) is 11.5 Å². The second kappa shape index (κ2) is 7.53. The Morgan fingerprint density at radius 1 is 0.963 bits per heavy atom. The first-order chi connectivity index (χ1) is 13.1. The van der Waals surface area contributed by atoms with Crippen molar-refractivity contribution in [3.05, 3.63) is 54.6 Å². The first-order valence-corrected chi connectivity index (χ1v) is 9.55. The van der Waals surface area contributed by atoms with Gasteiger partial charge in [-0.2, -0.15) is 0 Å². The molecular weight excluding hydrogens is 340 g/mol. The van der Waals surface area contributed by atoms with Crippen molar-refractivity contribution >= 4 is 17.5 Å². The van der Waals surface area contributed by atoms with E-state index in [0.717, 1.165) is 25.3 Å². The van der Waals surface area contributed by atoms with E-state index in [9.17, 15) is 9.59 Å². The molecule has 2 aromatic rings. The molecule has 2 aromatic carbocycles. The van der Waals surface area contributed by atoms with Crippen LogP contribution in [0.25, 0.3) is 0 Å². The van der Waals surface area contributed by atoms with Gasteiger partial charge in [0.2, 0.25) is 5.91 Å². The fraction of sp³-hybridized carbons (Fsp3) is 0.364. The molecule has 2 fully saturated rings. The van der Waals surface area contributed by atoms with Crippen molar-refractivity contribution in [2.45, 2.75) is 32.2 Å². The van der Waals surface area contributed by atoms with Crippen molar-refractivity contribution < 1.29 is 14.3 Å². The maximum Gasteiger partial charge on any atom is 0.251 e. The Hall–Kier alpha value is -2.66. The van der Waals surface area contributed by atoms with Gasteiger partial charge in [-0.3, -0.25) is 14.5 Å². The normalized spacial score (nSPS) is 23.7. The Labute approximate surface area is 159 Å². The fourth-order valence-corrected chi connectivity index (χ4v) is 3.97. The number of ether oxygens (including phenoxy) is 1. The van der Waals surface area contributed by atoms with E-state index in [1.165, 1.54) is 11.3 Å². The van der Waals surface area contributed by atoms with Gasteiger partial charge in [0.25, 0.3) is 5.91 Å². The zero-order chi connectivity index (χ0) is 18.8. The van der Waals surface area contributed by atoms with Crippen molar-refractivity contribution in [1.29, 1.82) is 0 Å². The molecule has 4 rings (SSSR count). The van der Waals surface area contributed by atoms with Crippen LogP contribution < -0.4 is 9.64 Å². The van der Waals surface area contributed by atoms with E-state index < -0.39 is 0 Å². The van der Waals surface area contributed by atoms with Crippen LogP contribution in [0.5, 0.6) is 11.5 Å². The summed E-state index contributed by atoms with van der Waals surface area (Å²) in [5, 5.41) is 0. The highest BCUT2D eigenvalue weighted by molar-refractivity contribution is 6.22. The van der Waals surface area contributed by atoms with Crippen LogP contribution in [0, 0.1) is 5.92 Å². The number of nitrogens with zero attached hydrogens (tertiary/aromatic N) is 2. The zero-order valence-electron chi connectivity index (χ0n) is 15.5. The van der Waals surface area contributed by atoms with Gasteiger partial charge in [0.1, 0.15) is 11.5 Å². The number of hydrogen-bond donors (Lipinski definition) is 0. The molecule has 2 saturated heterocycles. The monoisotopic (exact) mass is 364 g/mol. The summed E-state index contributed by atoms with van der Waals surface area (Å²) in [4.78, 5) is 29.0. The zero-order valence-corrected chi connectivity index (χ0v) is 15.5. The van der Waals surface area contributed by atoms with E-state index in [-0.39, 0.29) is 24.3 Å². The van der Waals surface area contributed by atoms with Gasteiger partial charge in [-0.1, -0.05) is 25.1 Å². The number of imide groups is 1. The number of carbonyl (C=O) groups is 2. The number of amides is 2. The van der Waals surface area contributed by atoms with Crippen LogP contribution in [0.2, 0.25) is 0 Å². The molecule has 2 aliphatic heterocycles. The van der Waals surface area contributed by atoms with Crippen molar-refractivity contribution in [1.82, 2.24) is 4.90 Å². The molecule has 0 N–H and O–H groups in total. The smallest absolute Gasteiger partial charge is 0.251 e. The highest BCUT2D eigenvalue weighted by Gasteiger charge is 2.43. The van der Waals surface area contributed by atoms with Crippen LogP contribution in [0.3, 0.4) is 0 Å². The van der Waals surface area contributed by atoms with Crippen LogP contribution >= 0.6 is 0 Å². The average Bonchev–Trinajstić information content (AvgIpc) is 2.98. The van der Waals surface area contributed by atoms with Gasteiger partial charge in [0.05, 0.1) is 18.2 Å². The second-order valence-corrected chi connectivity index (χ2v) is 7.44. The third-order valence-corrected chi connectivity index (χ3v) is 5.33. The summed E-state index contributed by atoms with van der Waals surface area (Å²) in [6.45, 7) is 3.99. The summed E-state index contributed by atoms with van der Waals surface area (Å²) in [5.41, 5.74) is 0.609. The molecule has 0 bridgehead atoms. The van der Waals surface area contributed by atoms with Crippen LogP contribution in [-0.4, -0.2) is 35.8 Å². The van der Waals surface area contributed by atoms with Gasteiger partial charge in [0.15, 0.2) is 0 Å². The Morgan fingerprint density at radius 3 is 2.37 bits per heavy atom. The Kier molecular flexibility index (Phi) is 4.94. The number of carbonyl (C=O) groups excluding carboxylic acids is 2. The van der Waals surface area contributed by atoms with Crippen LogP contribution in [0.1, 0.15) is 26.2 Å². The number of hydrogen-bond acceptors (Lipinski definition) is 4. The largest absolute Gasteiger partial charge is 0.457 e. The molecule has 0 saturated carbocycles. The molecule has 0 spiro atoms. The summed E-state index contributed by atoms with van der Waals surface area (Å²) in [6.07, 6.45) is 2.55. The van der Waals surface area contributed by atoms with E-state index in [0.29, 0.717) is 17.4 Å². The number of para-hydroxylation sites is 1. The summed E-state index contributed by atoms with van der Waals surface area (Å²) in [7, 11) is 0. The van der Waals surface area contributed by atoms with Crippen molar-refractivity contribution in [3.63, 3.8) is 0 Å². The molecule has 27 heavy (non-hydrogen) atoms.